The first-order chi connectivity index (χ1) is 9.65. The van der Waals surface area contributed by atoms with Gasteiger partial charge in [0, 0.05) is 11.8 Å². The van der Waals surface area contributed by atoms with Crippen molar-refractivity contribution in [2.75, 3.05) is 5.73 Å². The van der Waals surface area contributed by atoms with Gasteiger partial charge in [-0.25, -0.2) is 9.37 Å². The molecule has 0 amide bonds. The third kappa shape index (κ3) is 2.21. The van der Waals surface area contributed by atoms with Crippen LogP contribution in [0.5, 0.6) is 0 Å². The number of hydrogen-bond donors (Lipinski definition) is 1. The van der Waals surface area contributed by atoms with E-state index in [0.717, 1.165) is 0 Å². The molecule has 3 aromatic rings. The van der Waals surface area contributed by atoms with Gasteiger partial charge in [-0.1, -0.05) is 16.8 Å². The van der Waals surface area contributed by atoms with E-state index in [1.54, 1.807) is 18.3 Å². The molecule has 2 N–H and O–H groups in total. The molecule has 0 spiro atoms. The largest absolute Gasteiger partial charge is 0.397 e. The zero-order valence-corrected chi connectivity index (χ0v) is 10.8. The van der Waals surface area contributed by atoms with E-state index in [1.165, 1.54) is 18.2 Å². The van der Waals surface area contributed by atoms with E-state index in [4.69, 9.17) is 21.9 Å². The molecule has 1 aromatic carbocycles. The van der Waals surface area contributed by atoms with Crippen molar-refractivity contribution in [3.05, 3.63) is 47.4 Å². The van der Waals surface area contributed by atoms with Crippen LogP contribution in [-0.4, -0.2) is 15.1 Å². The fraction of sp³-hybridized carbons (Fsp3) is 0. The molecule has 20 heavy (non-hydrogen) atoms. The summed E-state index contributed by atoms with van der Waals surface area (Å²) in [5, 5.41) is 3.80. The Labute approximate surface area is 118 Å². The minimum atomic E-state index is -0.506. The van der Waals surface area contributed by atoms with Crippen LogP contribution in [0, 0.1) is 5.82 Å². The molecule has 0 saturated heterocycles. The predicted octanol–water partition coefficient (Wildman–Crippen LogP) is 3.17. The van der Waals surface area contributed by atoms with Gasteiger partial charge in [0.05, 0.1) is 10.7 Å². The number of hydrogen-bond acceptors (Lipinski definition) is 5. The van der Waals surface area contributed by atoms with Gasteiger partial charge in [-0.15, -0.1) is 0 Å². The summed E-state index contributed by atoms with van der Waals surface area (Å²) < 4.78 is 18.2. The number of rotatable bonds is 2. The van der Waals surface area contributed by atoms with Gasteiger partial charge in [-0.3, -0.25) is 0 Å². The van der Waals surface area contributed by atoms with Crippen molar-refractivity contribution in [1.82, 2.24) is 15.1 Å². The van der Waals surface area contributed by atoms with E-state index in [2.05, 4.69) is 15.1 Å². The highest BCUT2D eigenvalue weighted by Gasteiger charge is 2.14. The first-order valence-electron chi connectivity index (χ1n) is 5.65. The Morgan fingerprint density at radius 1 is 1.25 bits per heavy atom. The zero-order valence-electron chi connectivity index (χ0n) is 10.0. The third-order valence-corrected chi connectivity index (χ3v) is 2.93. The fourth-order valence-electron chi connectivity index (χ4n) is 1.67. The fourth-order valence-corrected chi connectivity index (χ4v) is 1.85. The standard InChI is InChI=1S/C13H8ClFN4O/c14-8-6-7(3-4-9(8)15)12-18-13(20-19-12)11-10(16)2-1-5-17-11/h1-6H,16H2. The molecule has 5 nitrogen and oxygen atoms in total. The normalized spacial score (nSPS) is 10.7. The SMILES string of the molecule is Nc1cccnc1-c1nc(-c2ccc(F)c(Cl)c2)no1. The van der Waals surface area contributed by atoms with Gasteiger partial charge in [0.15, 0.2) is 5.69 Å². The van der Waals surface area contributed by atoms with Crippen LogP contribution in [0.2, 0.25) is 5.02 Å². The second-order valence-electron chi connectivity index (χ2n) is 3.99. The number of nitrogens with two attached hydrogens (primary N) is 1. The maximum absolute atomic E-state index is 13.1. The van der Waals surface area contributed by atoms with Gasteiger partial charge in [0.2, 0.25) is 5.82 Å². The maximum atomic E-state index is 13.1. The van der Waals surface area contributed by atoms with Gasteiger partial charge >= 0.3 is 0 Å². The Kier molecular flexibility index (Phi) is 3.08. The summed E-state index contributed by atoms with van der Waals surface area (Å²) in [5.74, 6) is -0.0291. The lowest BCUT2D eigenvalue weighted by molar-refractivity contribution is 0.431. The van der Waals surface area contributed by atoms with Crippen molar-refractivity contribution < 1.29 is 8.91 Å². The molecule has 0 radical (unpaired) electrons. The minimum Gasteiger partial charge on any atom is -0.397 e. The summed E-state index contributed by atoms with van der Waals surface area (Å²) in [6.45, 7) is 0. The first kappa shape index (κ1) is 12.6. The van der Waals surface area contributed by atoms with E-state index in [-0.39, 0.29) is 16.7 Å². The first-order valence-corrected chi connectivity index (χ1v) is 6.03. The third-order valence-electron chi connectivity index (χ3n) is 2.65. The molecule has 0 fully saturated rings. The molecular weight excluding hydrogens is 283 g/mol. The highest BCUT2D eigenvalue weighted by Crippen LogP contribution is 2.26. The predicted molar refractivity (Wildman–Crippen MR) is 72.3 cm³/mol. The van der Waals surface area contributed by atoms with Crippen molar-refractivity contribution in [3.63, 3.8) is 0 Å². The van der Waals surface area contributed by atoms with Crippen LogP contribution in [0.4, 0.5) is 10.1 Å². The number of aromatic nitrogens is 3. The van der Waals surface area contributed by atoms with Crippen LogP contribution >= 0.6 is 11.6 Å². The van der Waals surface area contributed by atoms with Gasteiger partial charge in [-0.05, 0) is 30.3 Å². The van der Waals surface area contributed by atoms with Gasteiger partial charge in [0.1, 0.15) is 5.82 Å². The van der Waals surface area contributed by atoms with Crippen LogP contribution < -0.4 is 5.73 Å². The molecule has 0 aliphatic rings. The van der Waals surface area contributed by atoms with Crippen molar-refractivity contribution in [2.45, 2.75) is 0 Å². The number of halogens is 2. The zero-order chi connectivity index (χ0) is 14.1. The van der Waals surface area contributed by atoms with Gasteiger partial charge in [0.25, 0.3) is 5.89 Å². The van der Waals surface area contributed by atoms with E-state index >= 15 is 0 Å². The lowest BCUT2D eigenvalue weighted by Gasteiger charge is -1.97. The second kappa shape index (κ2) is 4.90. The molecule has 2 aromatic heterocycles. The van der Waals surface area contributed by atoms with Crippen molar-refractivity contribution in [3.8, 4) is 23.0 Å². The molecule has 0 saturated carbocycles. The smallest absolute Gasteiger partial charge is 0.278 e. The van der Waals surface area contributed by atoms with E-state index in [0.29, 0.717) is 16.9 Å². The molecule has 2 heterocycles. The summed E-state index contributed by atoms with van der Waals surface area (Å²) in [6, 6.07) is 7.56. The number of pyridine rings is 1. The molecule has 0 bridgehead atoms. The summed E-state index contributed by atoms with van der Waals surface area (Å²) in [7, 11) is 0. The topological polar surface area (TPSA) is 77.8 Å². The Hall–Kier alpha value is -2.47. The molecule has 100 valence electrons. The molecule has 7 heteroatoms. The number of nitrogen functional groups attached to an aromatic ring is 1. The monoisotopic (exact) mass is 290 g/mol. The van der Waals surface area contributed by atoms with Crippen molar-refractivity contribution in [2.24, 2.45) is 0 Å². The minimum absolute atomic E-state index is 0.00815. The number of nitrogens with zero attached hydrogens (tertiary/aromatic N) is 3. The summed E-state index contributed by atoms with van der Waals surface area (Å²) in [4.78, 5) is 8.26. The van der Waals surface area contributed by atoms with E-state index in [1.807, 2.05) is 0 Å². The van der Waals surface area contributed by atoms with E-state index < -0.39 is 5.82 Å². The Morgan fingerprint density at radius 2 is 2.10 bits per heavy atom. The molecular formula is C13H8ClFN4O. The number of benzene rings is 1. The summed E-state index contributed by atoms with van der Waals surface area (Å²) in [5.41, 5.74) is 7.16. The Balaban J connectivity index is 2.02. The summed E-state index contributed by atoms with van der Waals surface area (Å²) in [6.07, 6.45) is 1.57. The molecule has 0 atom stereocenters. The molecule has 0 aliphatic heterocycles. The summed E-state index contributed by atoms with van der Waals surface area (Å²) >= 11 is 5.72. The second-order valence-corrected chi connectivity index (χ2v) is 4.40. The molecule has 0 unspecified atom stereocenters. The highest BCUT2D eigenvalue weighted by atomic mass is 35.5. The highest BCUT2D eigenvalue weighted by molar-refractivity contribution is 6.31. The lowest BCUT2D eigenvalue weighted by Crippen LogP contribution is -1.92. The lowest BCUT2D eigenvalue weighted by atomic mass is 10.2. The Morgan fingerprint density at radius 3 is 2.85 bits per heavy atom. The average Bonchev–Trinajstić information content (AvgIpc) is 2.92. The van der Waals surface area contributed by atoms with Crippen LogP contribution in [-0.2, 0) is 0 Å². The van der Waals surface area contributed by atoms with Crippen LogP contribution in [0.15, 0.2) is 41.1 Å². The average molecular weight is 291 g/mol. The molecule has 0 aliphatic carbocycles. The van der Waals surface area contributed by atoms with Crippen molar-refractivity contribution in [1.29, 1.82) is 0 Å². The quantitative estimate of drug-likeness (QED) is 0.784. The Bertz CT molecular complexity index is 775. The van der Waals surface area contributed by atoms with Crippen molar-refractivity contribution >= 4 is 17.3 Å². The molecule has 3 rings (SSSR count). The van der Waals surface area contributed by atoms with Crippen LogP contribution in [0.1, 0.15) is 0 Å². The van der Waals surface area contributed by atoms with Gasteiger partial charge < -0.3 is 10.3 Å². The van der Waals surface area contributed by atoms with Gasteiger partial charge in [-0.2, -0.15) is 4.98 Å². The van der Waals surface area contributed by atoms with Crippen LogP contribution in [0.25, 0.3) is 23.0 Å². The van der Waals surface area contributed by atoms with Crippen LogP contribution in [0.3, 0.4) is 0 Å². The number of anilines is 1. The van der Waals surface area contributed by atoms with E-state index in [9.17, 15) is 4.39 Å². The maximum Gasteiger partial charge on any atom is 0.278 e.